The summed E-state index contributed by atoms with van der Waals surface area (Å²) in [6.07, 6.45) is 5.29. The molecule has 0 aliphatic carbocycles. The number of hydrogen-bond donors (Lipinski definition) is 1. The molecule has 0 amide bonds. The SMILES string of the molecule is C#Cc1cc(Br)ccc1C(C)C(=O)O. The maximum atomic E-state index is 10.8. The number of carboxylic acids is 1. The molecule has 14 heavy (non-hydrogen) atoms. The number of carboxylic acid groups (broad SMARTS) is 1. The van der Waals surface area contributed by atoms with Crippen LogP contribution in [-0.2, 0) is 4.79 Å². The van der Waals surface area contributed by atoms with Gasteiger partial charge in [0.25, 0.3) is 0 Å². The summed E-state index contributed by atoms with van der Waals surface area (Å²) in [6, 6.07) is 5.27. The molecule has 1 atom stereocenters. The van der Waals surface area contributed by atoms with Crippen molar-refractivity contribution in [3.05, 3.63) is 33.8 Å². The molecule has 0 radical (unpaired) electrons. The first-order valence-electron chi connectivity index (χ1n) is 4.05. The van der Waals surface area contributed by atoms with Crippen LogP contribution < -0.4 is 0 Å². The van der Waals surface area contributed by atoms with Gasteiger partial charge in [0.15, 0.2) is 0 Å². The molecule has 1 N–H and O–H groups in total. The van der Waals surface area contributed by atoms with E-state index in [0.717, 1.165) is 4.47 Å². The van der Waals surface area contributed by atoms with Crippen molar-refractivity contribution >= 4 is 21.9 Å². The number of terminal acetylenes is 1. The van der Waals surface area contributed by atoms with Crippen molar-refractivity contribution < 1.29 is 9.90 Å². The van der Waals surface area contributed by atoms with E-state index in [0.29, 0.717) is 11.1 Å². The van der Waals surface area contributed by atoms with E-state index >= 15 is 0 Å². The van der Waals surface area contributed by atoms with Crippen LogP contribution in [0.15, 0.2) is 22.7 Å². The Labute approximate surface area is 91.1 Å². The van der Waals surface area contributed by atoms with E-state index in [1.807, 2.05) is 0 Å². The van der Waals surface area contributed by atoms with E-state index in [1.165, 1.54) is 0 Å². The van der Waals surface area contributed by atoms with E-state index in [-0.39, 0.29) is 0 Å². The van der Waals surface area contributed by atoms with Crippen LogP contribution in [0.3, 0.4) is 0 Å². The molecule has 1 aromatic carbocycles. The zero-order chi connectivity index (χ0) is 10.7. The monoisotopic (exact) mass is 252 g/mol. The highest BCUT2D eigenvalue weighted by Crippen LogP contribution is 2.23. The minimum absolute atomic E-state index is 0.575. The van der Waals surface area contributed by atoms with Gasteiger partial charge >= 0.3 is 5.97 Å². The molecule has 0 saturated carbocycles. The molecule has 0 aromatic heterocycles. The van der Waals surface area contributed by atoms with Gasteiger partial charge in [-0.05, 0) is 24.6 Å². The Kier molecular flexibility index (Phi) is 3.32. The highest BCUT2D eigenvalue weighted by atomic mass is 79.9. The Hall–Kier alpha value is -1.27. The van der Waals surface area contributed by atoms with Crippen LogP contribution in [0.4, 0.5) is 0 Å². The van der Waals surface area contributed by atoms with Crippen LogP contribution in [0.5, 0.6) is 0 Å². The molecular weight excluding hydrogens is 244 g/mol. The quantitative estimate of drug-likeness (QED) is 0.822. The summed E-state index contributed by atoms with van der Waals surface area (Å²) in [5.41, 5.74) is 1.29. The Morgan fingerprint density at radius 3 is 2.79 bits per heavy atom. The van der Waals surface area contributed by atoms with Gasteiger partial charge in [-0.1, -0.05) is 27.9 Å². The Balaban J connectivity index is 3.22. The molecule has 0 spiro atoms. The molecule has 2 nitrogen and oxygen atoms in total. The molecule has 1 unspecified atom stereocenters. The van der Waals surface area contributed by atoms with Gasteiger partial charge in [0.2, 0.25) is 0 Å². The molecular formula is C11H9BrO2. The highest BCUT2D eigenvalue weighted by Gasteiger charge is 2.16. The van der Waals surface area contributed by atoms with Gasteiger partial charge in [0.1, 0.15) is 0 Å². The fourth-order valence-corrected chi connectivity index (χ4v) is 1.53. The van der Waals surface area contributed by atoms with Crippen LogP contribution in [-0.4, -0.2) is 11.1 Å². The van der Waals surface area contributed by atoms with Gasteiger partial charge in [0.05, 0.1) is 5.92 Å². The van der Waals surface area contributed by atoms with E-state index in [1.54, 1.807) is 25.1 Å². The predicted octanol–water partition coefficient (Wildman–Crippen LogP) is 2.62. The van der Waals surface area contributed by atoms with Gasteiger partial charge in [-0.2, -0.15) is 0 Å². The molecule has 3 heteroatoms. The van der Waals surface area contributed by atoms with Crippen molar-refractivity contribution in [1.29, 1.82) is 0 Å². The van der Waals surface area contributed by atoms with Crippen molar-refractivity contribution in [2.75, 3.05) is 0 Å². The Morgan fingerprint density at radius 2 is 2.29 bits per heavy atom. The summed E-state index contributed by atoms with van der Waals surface area (Å²) in [6.45, 7) is 1.62. The summed E-state index contributed by atoms with van der Waals surface area (Å²) in [5.74, 6) is 1.03. The lowest BCUT2D eigenvalue weighted by Crippen LogP contribution is -2.08. The van der Waals surface area contributed by atoms with Crippen LogP contribution in [0.25, 0.3) is 0 Å². The number of carbonyl (C=O) groups is 1. The highest BCUT2D eigenvalue weighted by molar-refractivity contribution is 9.10. The zero-order valence-corrected chi connectivity index (χ0v) is 9.21. The predicted molar refractivity (Wildman–Crippen MR) is 58.1 cm³/mol. The second-order valence-corrected chi connectivity index (χ2v) is 3.85. The largest absolute Gasteiger partial charge is 0.481 e. The first-order chi connectivity index (χ1) is 6.56. The summed E-state index contributed by atoms with van der Waals surface area (Å²) < 4.78 is 0.854. The van der Waals surface area contributed by atoms with Crippen molar-refractivity contribution in [3.8, 4) is 12.3 Å². The third-order valence-corrected chi connectivity index (χ3v) is 2.50. The number of hydrogen-bond acceptors (Lipinski definition) is 1. The van der Waals surface area contributed by atoms with Gasteiger partial charge < -0.3 is 5.11 Å². The van der Waals surface area contributed by atoms with Crippen molar-refractivity contribution in [2.45, 2.75) is 12.8 Å². The smallest absolute Gasteiger partial charge is 0.310 e. The fourth-order valence-electron chi connectivity index (χ4n) is 1.16. The summed E-state index contributed by atoms with van der Waals surface area (Å²) in [4.78, 5) is 10.8. The molecule has 1 aromatic rings. The third kappa shape index (κ3) is 2.15. The molecule has 0 bridgehead atoms. The van der Waals surface area contributed by atoms with Gasteiger partial charge in [-0.3, -0.25) is 4.79 Å². The first kappa shape index (κ1) is 10.8. The van der Waals surface area contributed by atoms with Crippen molar-refractivity contribution in [1.82, 2.24) is 0 Å². The van der Waals surface area contributed by atoms with Gasteiger partial charge in [0, 0.05) is 10.0 Å². The lowest BCUT2D eigenvalue weighted by molar-refractivity contribution is -0.138. The summed E-state index contributed by atoms with van der Waals surface area (Å²) in [5, 5.41) is 8.84. The third-order valence-electron chi connectivity index (χ3n) is 2.01. The number of halogens is 1. The maximum Gasteiger partial charge on any atom is 0.310 e. The Bertz CT molecular complexity index is 404. The minimum Gasteiger partial charge on any atom is -0.481 e. The number of rotatable bonds is 2. The minimum atomic E-state index is -0.871. The van der Waals surface area contributed by atoms with Crippen molar-refractivity contribution in [2.24, 2.45) is 0 Å². The molecule has 0 saturated heterocycles. The molecule has 0 heterocycles. The lowest BCUT2D eigenvalue weighted by Gasteiger charge is -2.09. The molecule has 1 rings (SSSR count). The average Bonchev–Trinajstić information content (AvgIpc) is 2.16. The number of benzene rings is 1. The second-order valence-electron chi connectivity index (χ2n) is 2.94. The first-order valence-corrected chi connectivity index (χ1v) is 4.84. The standard InChI is InChI=1S/C11H9BrO2/c1-3-8-6-9(12)4-5-10(8)7(2)11(13)14/h1,4-7H,2H3,(H,13,14). The molecule has 72 valence electrons. The summed E-state index contributed by atoms with van der Waals surface area (Å²) >= 11 is 3.28. The van der Waals surface area contributed by atoms with Crippen molar-refractivity contribution in [3.63, 3.8) is 0 Å². The molecule has 0 aliphatic heterocycles. The second kappa shape index (κ2) is 4.30. The van der Waals surface area contributed by atoms with Crippen LogP contribution >= 0.6 is 15.9 Å². The topological polar surface area (TPSA) is 37.3 Å². The molecule has 0 aliphatic rings. The number of aliphatic carboxylic acids is 1. The van der Waals surface area contributed by atoms with E-state index < -0.39 is 11.9 Å². The van der Waals surface area contributed by atoms with Crippen LogP contribution in [0, 0.1) is 12.3 Å². The maximum absolute atomic E-state index is 10.8. The fraction of sp³-hybridized carbons (Fsp3) is 0.182. The van der Waals surface area contributed by atoms with Crippen LogP contribution in [0.2, 0.25) is 0 Å². The zero-order valence-electron chi connectivity index (χ0n) is 7.62. The van der Waals surface area contributed by atoms with Gasteiger partial charge in [-0.25, -0.2) is 0 Å². The van der Waals surface area contributed by atoms with E-state index in [9.17, 15) is 4.79 Å². The van der Waals surface area contributed by atoms with E-state index in [4.69, 9.17) is 11.5 Å². The lowest BCUT2D eigenvalue weighted by atomic mass is 9.96. The van der Waals surface area contributed by atoms with Crippen LogP contribution in [0.1, 0.15) is 24.0 Å². The van der Waals surface area contributed by atoms with E-state index in [2.05, 4.69) is 21.9 Å². The Morgan fingerprint density at radius 1 is 1.64 bits per heavy atom. The average molecular weight is 253 g/mol. The molecule has 0 fully saturated rings. The summed E-state index contributed by atoms with van der Waals surface area (Å²) in [7, 11) is 0. The van der Waals surface area contributed by atoms with Gasteiger partial charge in [-0.15, -0.1) is 6.42 Å². The normalized spacial score (nSPS) is 11.8.